The number of nitrogens with zero attached hydrogens (tertiary/aromatic N) is 2. The van der Waals surface area contributed by atoms with Crippen molar-refractivity contribution < 1.29 is 4.79 Å². The van der Waals surface area contributed by atoms with E-state index in [2.05, 4.69) is 20.5 Å². The first-order valence-corrected chi connectivity index (χ1v) is 8.07. The number of aromatic amines is 1. The van der Waals surface area contributed by atoms with Crippen molar-refractivity contribution in [3.63, 3.8) is 0 Å². The first-order chi connectivity index (χ1) is 11.6. The molecular weight excluding hydrogens is 302 g/mol. The number of nitrogens with one attached hydrogen (secondary N) is 2. The normalized spacial score (nSPS) is 10.9. The monoisotopic (exact) mass is 323 g/mol. The number of fused-ring (bicyclic) bond motifs is 1. The van der Waals surface area contributed by atoms with Gasteiger partial charge < -0.3 is 15.8 Å². The molecule has 0 aliphatic heterocycles. The quantitative estimate of drug-likeness (QED) is 0.579. The van der Waals surface area contributed by atoms with Crippen molar-refractivity contribution in [2.24, 2.45) is 0 Å². The third kappa shape index (κ3) is 3.71. The van der Waals surface area contributed by atoms with Crippen LogP contribution in [0.25, 0.3) is 22.2 Å². The van der Waals surface area contributed by atoms with Crippen LogP contribution in [0.15, 0.2) is 36.5 Å². The van der Waals surface area contributed by atoms with Crippen molar-refractivity contribution in [2.75, 3.05) is 17.6 Å². The average molecular weight is 323 g/mol. The minimum Gasteiger partial charge on any atom is -0.384 e. The summed E-state index contributed by atoms with van der Waals surface area (Å²) in [5, 5.41) is 11.4. The Morgan fingerprint density at radius 1 is 1.25 bits per heavy atom. The highest BCUT2D eigenvalue weighted by Crippen LogP contribution is 2.28. The molecule has 2 aromatic heterocycles. The highest BCUT2D eigenvalue weighted by atomic mass is 16.1. The molecule has 6 heteroatoms. The Kier molecular flexibility index (Phi) is 4.74. The number of benzene rings is 1. The Hall–Kier alpha value is -2.89. The summed E-state index contributed by atoms with van der Waals surface area (Å²) in [6.07, 6.45) is 4.19. The van der Waals surface area contributed by atoms with E-state index in [1.54, 1.807) is 13.1 Å². The van der Waals surface area contributed by atoms with Crippen molar-refractivity contribution in [2.45, 2.75) is 26.2 Å². The largest absolute Gasteiger partial charge is 0.384 e. The van der Waals surface area contributed by atoms with Crippen molar-refractivity contribution in [1.82, 2.24) is 15.2 Å². The minimum atomic E-state index is 0.236. The third-order valence-corrected chi connectivity index (χ3v) is 3.91. The number of rotatable bonds is 7. The van der Waals surface area contributed by atoms with Crippen LogP contribution in [0, 0.1) is 0 Å². The van der Waals surface area contributed by atoms with Gasteiger partial charge >= 0.3 is 0 Å². The van der Waals surface area contributed by atoms with E-state index in [1.165, 1.54) is 0 Å². The van der Waals surface area contributed by atoms with Gasteiger partial charge in [0.1, 0.15) is 11.6 Å². The molecule has 0 saturated heterocycles. The summed E-state index contributed by atoms with van der Waals surface area (Å²) in [5.41, 5.74) is 9.72. The number of unbranched alkanes of at least 4 members (excludes halogenated alkanes) is 1. The molecule has 0 aliphatic carbocycles. The summed E-state index contributed by atoms with van der Waals surface area (Å²) in [4.78, 5) is 15.4. The van der Waals surface area contributed by atoms with E-state index in [9.17, 15) is 4.79 Å². The zero-order valence-electron chi connectivity index (χ0n) is 13.7. The van der Waals surface area contributed by atoms with E-state index >= 15 is 0 Å². The van der Waals surface area contributed by atoms with E-state index in [4.69, 9.17) is 5.73 Å². The van der Waals surface area contributed by atoms with Crippen LogP contribution in [0.1, 0.15) is 26.2 Å². The fourth-order valence-corrected chi connectivity index (χ4v) is 2.70. The van der Waals surface area contributed by atoms with E-state index in [1.807, 2.05) is 30.3 Å². The number of hydrogen-bond donors (Lipinski definition) is 3. The molecule has 2 heterocycles. The molecule has 0 radical (unpaired) electrons. The lowest BCUT2D eigenvalue weighted by atomic mass is 10.1. The molecule has 1 aromatic carbocycles. The molecule has 0 atom stereocenters. The zero-order chi connectivity index (χ0) is 16.9. The maximum atomic E-state index is 11.0. The van der Waals surface area contributed by atoms with Crippen molar-refractivity contribution in [3.05, 3.63) is 36.5 Å². The molecule has 0 spiro atoms. The third-order valence-electron chi connectivity index (χ3n) is 3.91. The Morgan fingerprint density at radius 3 is 2.88 bits per heavy atom. The topological polar surface area (TPSA) is 96.7 Å². The zero-order valence-corrected chi connectivity index (χ0v) is 13.7. The van der Waals surface area contributed by atoms with Gasteiger partial charge in [-0.2, -0.15) is 5.10 Å². The van der Waals surface area contributed by atoms with Gasteiger partial charge in [-0.1, -0.05) is 12.1 Å². The van der Waals surface area contributed by atoms with E-state index in [-0.39, 0.29) is 5.78 Å². The van der Waals surface area contributed by atoms with Gasteiger partial charge in [-0.15, -0.1) is 0 Å². The number of hydrogen-bond acceptors (Lipinski definition) is 5. The Balaban J connectivity index is 1.79. The van der Waals surface area contributed by atoms with Crippen LogP contribution >= 0.6 is 0 Å². The second-order valence-electron chi connectivity index (χ2n) is 5.88. The fourth-order valence-electron chi connectivity index (χ4n) is 2.70. The van der Waals surface area contributed by atoms with Gasteiger partial charge in [-0.3, -0.25) is 5.10 Å². The van der Waals surface area contributed by atoms with Crippen molar-refractivity contribution >= 4 is 28.2 Å². The Morgan fingerprint density at radius 2 is 2.12 bits per heavy atom. The summed E-state index contributed by atoms with van der Waals surface area (Å²) < 4.78 is 0. The lowest BCUT2D eigenvalue weighted by Gasteiger charge is -2.11. The first-order valence-electron chi connectivity index (χ1n) is 8.07. The number of aromatic nitrogens is 3. The lowest BCUT2D eigenvalue weighted by molar-refractivity contribution is -0.117. The van der Waals surface area contributed by atoms with Crippen LogP contribution in [-0.4, -0.2) is 27.5 Å². The lowest BCUT2D eigenvalue weighted by Crippen LogP contribution is -2.04. The van der Waals surface area contributed by atoms with Gasteiger partial charge in [0, 0.05) is 41.9 Å². The number of carbonyl (C=O) groups excluding carboxylic acids is 1. The maximum Gasteiger partial charge on any atom is 0.129 e. The standard InChI is InChI=1S/C18H21N5O/c1-12(24)4-2-3-8-20-16-11-18(19)22-17-10-13(5-6-14(16)17)15-7-9-21-23-15/h5-7,9-11H,2-4,8H2,1H3,(H,21,23)(H3,19,20,22). The van der Waals surface area contributed by atoms with Crippen LogP contribution in [0.5, 0.6) is 0 Å². The number of carbonyl (C=O) groups is 1. The number of Topliss-reactive ketones (excluding diaryl/α,β-unsaturated/α-hetero) is 1. The molecule has 0 saturated carbocycles. The van der Waals surface area contributed by atoms with Crippen LogP contribution in [0.3, 0.4) is 0 Å². The predicted octanol–water partition coefficient (Wildman–Crippen LogP) is 3.38. The van der Waals surface area contributed by atoms with Crippen molar-refractivity contribution in [3.8, 4) is 11.3 Å². The molecule has 24 heavy (non-hydrogen) atoms. The van der Waals surface area contributed by atoms with Crippen LogP contribution in [-0.2, 0) is 4.79 Å². The summed E-state index contributed by atoms with van der Waals surface area (Å²) in [5.74, 6) is 0.718. The molecule has 4 N–H and O–H groups in total. The molecule has 0 amide bonds. The SMILES string of the molecule is CC(=O)CCCCNc1cc(N)nc2cc(-c3ccn[nH]3)ccc12. The highest BCUT2D eigenvalue weighted by molar-refractivity contribution is 5.95. The van der Waals surface area contributed by atoms with Gasteiger partial charge in [-0.05, 0) is 31.9 Å². The summed E-state index contributed by atoms with van der Waals surface area (Å²) >= 11 is 0. The molecule has 124 valence electrons. The number of pyridine rings is 1. The number of H-pyrrole nitrogens is 1. The molecule has 0 bridgehead atoms. The molecule has 3 aromatic rings. The van der Waals surface area contributed by atoms with Gasteiger partial charge in [0.2, 0.25) is 0 Å². The fraction of sp³-hybridized carbons (Fsp3) is 0.278. The number of nitrogen functional groups attached to an aromatic ring is 1. The van der Waals surface area contributed by atoms with E-state index < -0.39 is 0 Å². The number of nitrogens with two attached hydrogens (primary N) is 1. The van der Waals surface area contributed by atoms with Gasteiger partial charge in [-0.25, -0.2) is 4.98 Å². The van der Waals surface area contributed by atoms with Gasteiger partial charge in [0.25, 0.3) is 0 Å². The average Bonchev–Trinajstić information content (AvgIpc) is 3.07. The van der Waals surface area contributed by atoms with Gasteiger partial charge in [0.15, 0.2) is 0 Å². The number of ketones is 1. The predicted molar refractivity (Wildman–Crippen MR) is 96.8 cm³/mol. The Labute approximate surface area is 140 Å². The van der Waals surface area contributed by atoms with Crippen LogP contribution in [0.2, 0.25) is 0 Å². The second-order valence-corrected chi connectivity index (χ2v) is 5.88. The number of anilines is 2. The minimum absolute atomic E-state index is 0.236. The van der Waals surface area contributed by atoms with Crippen molar-refractivity contribution in [1.29, 1.82) is 0 Å². The van der Waals surface area contributed by atoms with Gasteiger partial charge in [0.05, 0.1) is 11.2 Å². The summed E-state index contributed by atoms with van der Waals surface area (Å²) in [7, 11) is 0. The summed E-state index contributed by atoms with van der Waals surface area (Å²) in [6.45, 7) is 2.43. The highest BCUT2D eigenvalue weighted by Gasteiger charge is 2.07. The van der Waals surface area contributed by atoms with Crippen LogP contribution in [0.4, 0.5) is 11.5 Å². The molecule has 3 rings (SSSR count). The molecular formula is C18H21N5O. The first kappa shape index (κ1) is 16.0. The smallest absolute Gasteiger partial charge is 0.129 e. The molecule has 0 unspecified atom stereocenters. The Bertz CT molecular complexity index is 842. The molecule has 0 fully saturated rings. The molecule has 6 nitrogen and oxygen atoms in total. The van der Waals surface area contributed by atoms with E-state index in [0.29, 0.717) is 12.2 Å². The molecule has 0 aliphatic rings. The second kappa shape index (κ2) is 7.12. The van der Waals surface area contributed by atoms with Crippen LogP contribution < -0.4 is 11.1 Å². The maximum absolute atomic E-state index is 11.0. The van der Waals surface area contributed by atoms with E-state index in [0.717, 1.165) is 47.2 Å². The summed E-state index contributed by atoms with van der Waals surface area (Å²) in [6, 6.07) is 9.84.